The van der Waals surface area contributed by atoms with Crippen molar-refractivity contribution in [1.82, 2.24) is 15.2 Å². The number of thiazole rings is 1. The number of carbonyl (C=O) groups excluding carboxylic acids is 2. The standard InChI is InChI=1S/C10H11N5O2S2/c1-4-7(19-9(11-4)12-5(2)16)8(17)13-10-15-14-6(3)18-10/h1-3H3,(H,11,12,16)(H,13,15,17). The zero-order valence-corrected chi connectivity index (χ0v) is 12.1. The molecule has 0 saturated carbocycles. The van der Waals surface area contributed by atoms with E-state index >= 15 is 0 Å². The van der Waals surface area contributed by atoms with Crippen LogP contribution in [0.3, 0.4) is 0 Å². The highest BCUT2D eigenvalue weighted by Gasteiger charge is 2.17. The Morgan fingerprint density at radius 3 is 2.37 bits per heavy atom. The maximum Gasteiger partial charge on any atom is 0.269 e. The molecule has 0 saturated heterocycles. The molecule has 2 aromatic rings. The molecule has 0 radical (unpaired) electrons. The van der Waals surface area contributed by atoms with Crippen molar-refractivity contribution in [3.05, 3.63) is 15.6 Å². The average molecular weight is 297 g/mol. The van der Waals surface area contributed by atoms with Crippen LogP contribution in [0.25, 0.3) is 0 Å². The maximum atomic E-state index is 12.0. The van der Waals surface area contributed by atoms with Crippen molar-refractivity contribution in [2.24, 2.45) is 0 Å². The normalized spacial score (nSPS) is 10.3. The Morgan fingerprint density at radius 2 is 1.79 bits per heavy atom. The van der Waals surface area contributed by atoms with Gasteiger partial charge in [-0.05, 0) is 13.8 Å². The largest absolute Gasteiger partial charge is 0.302 e. The van der Waals surface area contributed by atoms with E-state index in [0.29, 0.717) is 20.8 Å². The first-order valence-corrected chi connectivity index (χ1v) is 6.95. The van der Waals surface area contributed by atoms with Gasteiger partial charge in [0.15, 0.2) is 5.13 Å². The molecular weight excluding hydrogens is 286 g/mol. The SMILES string of the molecule is CC(=O)Nc1nc(C)c(C(=O)Nc2nnc(C)s2)s1. The third-order valence-corrected chi connectivity index (χ3v) is 3.86. The fraction of sp³-hybridized carbons (Fsp3) is 0.300. The van der Waals surface area contributed by atoms with E-state index in [0.717, 1.165) is 16.3 Å². The third kappa shape index (κ3) is 3.32. The molecule has 0 atom stereocenters. The summed E-state index contributed by atoms with van der Waals surface area (Å²) in [7, 11) is 0. The van der Waals surface area contributed by atoms with Crippen LogP contribution in [0.5, 0.6) is 0 Å². The predicted octanol–water partition coefficient (Wildman–Crippen LogP) is 1.82. The topological polar surface area (TPSA) is 96.9 Å². The molecule has 2 heterocycles. The van der Waals surface area contributed by atoms with Crippen molar-refractivity contribution in [2.75, 3.05) is 10.6 Å². The van der Waals surface area contributed by atoms with Gasteiger partial charge in [-0.25, -0.2) is 4.98 Å². The number of rotatable bonds is 3. The first-order chi connectivity index (χ1) is 8.95. The van der Waals surface area contributed by atoms with Gasteiger partial charge in [-0.1, -0.05) is 22.7 Å². The monoisotopic (exact) mass is 297 g/mol. The second kappa shape index (κ2) is 5.41. The van der Waals surface area contributed by atoms with Crippen molar-refractivity contribution in [2.45, 2.75) is 20.8 Å². The molecule has 7 nitrogen and oxygen atoms in total. The van der Waals surface area contributed by atoms with Gasteiger partial charge >= 0.3 is 0 Å². The first kappa shape index (κ1) is 13.6. The molecule has 2 rings (SSSR count). The third-order valence-electron chi connectivity index (χ3n) is 2.03. The number of hydrogen-bond acceptors (Lipinski definition) is 7. The summed E-state index contributed by atoms with van der Waals surface area (Å²) in [6.45, 7) is 4.91. The van der Waals surface area contributed by atoms with E-state index in [9.17, 15) is 9.59 Å². The molecule has 0 aliphatic heterocycles. The summed E-state index contributed by atoms with van der Waals surface area (Å²) in [5.74, 6) is -0.525. The molecular formula is C10H11N5O2S2. The zero-order valence-electron chi connectivity index (χ0n) is 10.5. The minimum Gasteiger partial charge on any atom is -0.302 e. The molecule has 2 aromatic heterocycles. The Kier molecular flexibility index (Phi) is 3.86. The van der Waals surface area contributed by atoms with Crippen molar-refractivity contribution < 1.29 is 9.59 Å². The highest BCUT2D eigenvalue weighted by atomic mass is 32.1. The van der Waals surface area contributed by atoms with E-state index in [1.165, 1.54) is 18.3 Å². The Bertz CT molecular complexity index is 634. The van der Waals surface area contributed by atoms with Crippen molar-refractivity contribution >= 4 is 44.8 Å². The highest BCUT2D eigenvalue weighted by molar-refractivity contribution is 7.18. The quantitative estimate of drug-likeness (QED) is 0.900. The lowest BCUT2D eigenvalue weighted by molar-refractivity contribution is -0.114. The van der Waals surface area contributed by atoms with Crippen LogP contribution >= 0.6 is 22.7 Å². The number of hydrogen-bond donors (Lipinski definition) is 2. The van der Waals surface area contributed by atoms with Crippen LogP contribution in [0, 0.1) is 13.8 Å². The van der Waals surface area contributed by atoms with Crippen LogP contribution in [0.1, 0.15) is 27.3 Å². The summed E-state index contributed by atoms with van der Waals surface area (Å²) in [5, 5.41) is 14.5. The van der Waals surface area contributed by atoms with Gasteiger partial charge in [0.2, 0.25) is 11.0 Å². The van der Waals surface area contributed by atoms with Gasteiger partial charge in [0.05, 0.1) is 5.69 Å². The van der Waals surface area contributed by atoms with Gasteiger partial charge < -0.3 is 5.32 Å². The van der Waals surface area contributed by atoms with Crippen LogP contribution in [0.4, 0.5) is 10.3 Å². The molecule has 0 aromatic carbocycles. The van der Waals surface area contributed by atoms with Crippen molar-refractivity contribution in [1.29, 1.82) is 0 Å². The molecule has 0 aliphatic rings. The lowest BCUT2D eigenvalue weighted by Crippen LogP contribution is -2.11. The van der Waals surface area contributed by atoms with E-state index in [4.69, 9.17) is 0 Å². The van der Waals surface area contributed by atoms with Gasteiger partial charge in [0.1, 0.15) is 9.88 Å². The predicted molar refractivity (Wildman–Crippen MR) is 73.8 cm³/mol. The van der Waals surface area contributed by atoms with Crippen molar-refractivity contribution in [3.8, 4) is 0 Å². The Hall–Kier alpha value is -1.87. The summed E-state index contributed by atoms with van der Waals surface area (Å²) < 4.78 is 0. The Balaban J connectivity index is 2.14. The smallest absolute Gasteiger partial charge is 0.269 e. The molecule has 2 amide bonds. The lowest BCUT2D eigenvalue weighted by Gasteiger charge is -1.97. The number of amides is 2. The minimum atomic E-state index is -0.303. The molecule has 0 fully saturated rings. The van der Waals surface area contributed by atoms with Crippen LogP contribution in [0.15, 0.2) is 0 Å². The molecule has 9 heteroatoms. The number of nitrogens with one attached hydrogen (secondary N) is 2. The number of anilines is 2. The fourth-order valence-corrected chi connectivity index (χ4v) is 2.81. The summed E-state index contributed by atoms with van der Waals surface area (Å²) in [5.41, 5.74) is 0.562. The van der Waals surface area contributed by atoms with E-state index in [1.807, 2.05) is 0 Å². The van der Waals surface area contributed by atoms with Crippen LogP contribution in [-0.4, -0.2) is 27.0 Å². The van der Waals surface area contributed by atoms with E-state index in [-0.39, 0.29) is 11.8 Å². The molecule has 0 unspecified atom stereocenters. The van der Waals surface area contributed by atoms with Gasteiger partial charge in [0.25, 0.3) is 5.91 Å². The molecule has 0 spiro atoms. The summed E-state index contributed by atoms with van der Waals surface area (Å²) >= 11 is 2.42. The van der Waals surface area contributed by atoms with Gasteiger partial charge in [-0.2, -0.15) is 0 Å². The number of nitrogens with zero attached hydrogens (tertiary/aromatic N) is 3. The lowest BCUT2D eigenvalue weighted by atomic mass is 10.4. The van der Waals surface area contributed by atoms with Crippen LogP contribution in [-0.2, 0) is 4.79 Å². The number of aryl methyl sites for hydroxylation is 2. The summed E-state index contributed by atoms with van der Waals surface area (Å²) in [6.07, 6.45) is 0. The van der Waals surface area contributed by atoms with Crippen molar-refractivity contribution in [3.63, 3.8) is 0 Å². The number of aromatic nitrogens is 3. The number of carbonyl (C=O) groups is 2. The van der Waals surface area contributed by atoms with Crippen LogP contribution < -0.4 is 10.6 Å². The first-order valence-electron chi connectivity index (χ1n) is 5.32. The summed E-state index contributed by atoms with van der Waals surface area (Å²) in [6, 6.07) is 0. The molecule has 0 bridgehead atoms. The second-order valence-electron chi connectivity index (χ2n) is 3.70. The molecule has 100 valence electrons. The molecule has 0 aliphatic carbocycles. The molecule has 19 heavy (non-hydrogen) atoms. The summed E-state index contributed by atoms with van der Waals surface area (Å²) in [4.78, 5) is 27.5. The Morgan fingerprint density at radius 1 is 1.05 bits per heavy atom. The molecule has 2 N–H and O–H groups in total. The van der Waals surface area contributed by atoms with E-state index < -0.39 is 0 Å². The maximum absolute atomic E-state index is 12.0. The average Bonchev–Trinajstić information content (AvgIpc) is 2.84. The van der Waals surface area contributed by atoms with E-state index in [1.54, 1.807) is 13.8 Å². The minimum absolute atomic E-state index is 0.222. The van der Waals surface area contributed by atoms with E-state index in [2.05, 4.69) is 25.8 Å². The van der Waals surface area contributed by atoms with Gasteiger partial charge in [-0.15, -0.1) is 10.2 Å². The van der Waals surface area contributed by atoms with Crippen LogP contribution in [0.2, 0.25) is 0 Å². The fourth-order valence-electron chi connectivity index (χ4n) is 1.31. The Labute approximate surface area is 117 Å². The highest BCUT2D eigenvalue weighted by Crippen LogP contribution is 2.24. The van der Waals surface area contributed by atoms with Gasteiger partial charge in [-0.3, -0.25) is 14.9 Å². The zero-order chi connectivity index (χ0) is 14.0. The second-order valence-corrected chi connectivity index (χ2v) is 5.88. The van der Waals surface area contributed by atoms with Gasteiger partial charge in [0, 0.05) is 6.92 Å².